The molecule has 0 spiro atoms. The van der Waals surface area contributed by atoms with Gasteiger partial charge in [-0.25, -0.2) is 13.4 Å². The van der Waals surface area contributed by atoms with E-state index in [-0.39, 0.29) is 10.8 Å². The molecule has 0 aromatic heterocycles. The van der Waals surface area contributed by atoms with E-state index in [2.05, 4.69) is 6.08 Å². The van der Waals surface area contributed by atoms with Crippen molar-refractivity contribution in [1.82, 2.24) is 5.01 Å². The van der Waals surface area contributed by atoms with E-state index in [1.54, 1.807) is 44.6 Å². The summed E-state index contributed by atoms with van der Waals surface area (Å²) in [6.45, 7) is 0. The highest BCUT2D eigenvalue weighted by molar-refractivity contribution is 7.94. The van der Waals surface area contributed by atoms with Gasteiger partial charge in [-0.2, -0.15) is 5.10 Å². The maximum Gasteiger partial charge on any atom is 0.265 e. The van der Waals surface area contributed by atoms with Crippen LogP contribution in [0.5, 0.6) is 11.5 Å². The lowest BCUT2D eigenvalue weighted by atomic mass is 9.77. The molecule has 2 fully saturated rings. The number of amides is 1. The number of benzene rings is 3. The van der Waals surface area contributed by atoms with Crippen molar-refractivity contribution < 1.29 is 22.7 Å². The third kappa shape index (κ3) is 4.40. The summed E-state index contributed by atoms with van der Waals surface area (Å²) in [6, 6.07) is 23.4. The number of sulfone groups is 1. The molecule has 206 valence electrons. The summed E-state index contributed by atoms with van der Waals surface area (Å²) in [5, 5.41) is 6.44. The summed E-state index contributed by atoms with van der Waals surface area (Å²) in [5.41, 5.74) is 3.88. The molecule has 0 N–H and O–H groups in total. The van der Waals surface area contributed by atoms with Crippen LogP contribution in [-0.2, 0) is 14.6 Å². The molecule has 1 heterocycles. The Morgan fingerprint density at radius 1 is 0.925 bits per heavy atom. The quantitative estimate of drug-likeness (QED) is 0.365. The van der Waals surface area contributed by atoms with Crippen LogP contribution in [0.2, 0.25) is 0 Å². The van der Waals surface area contributed by atoms with Gasteiger partial charge in [0.2, 0.25) is 0 Å². The monoisotopic (exact) mass is 556 g/mol. The second-order valence-corrected chi connectivity index (χ2v) is 12.9. The van der Waals surface area contributed by atoms with Gasteiger partial charge >= 0.3 is 0 Å². The highest BCUT2D eigenvalue weighted by Crippen LogP contribution is 2.52. The van der Waals surface area contributed by atoms with Gasteiger partial charge < -0.3 is 9.47 Å². The smallest absolute Gasteiger partial charge is 0.265 e. The summed E-state index contributed by atoms with van der Waals surface area (Å²) < 4.78 is 36.7. The molecule has 2 atom stereocenters. The van der Waals surface area contributed by atoms with Gasteiger partial charge in [0.25, 0.3) is 5.91 Å². The molecule has 3 aromatic carbocycles. The lowest BCUT2D eigenvalue weighted by molar-refractivity contribution is -0.134. The first-order valence-corrected chi connectivity index (χ1v) is 15.1. The topological polar surface area (TPSA) is 85.3 Å². The van der Waals surface area contributed by atoms with Crippen molar-refractivity contribution in [2.75, 3.05) is 14.2 Å². The van der Waals surface area contributed by atoms with Gasteiger partial charge in [-0.1, -0.05) is 42.5 Å². The van der Waals surface area contributed by atoms with Crippen LogP contribution in [0.1, 0.15) is 49.3 Å². The van der Waals surface area contributed by atoms with Gasteiger partial charge in [0.05, 0.1) is 30.9 Å². The molecule has 2 saturated carbocycles. The largest absolute Gasteiger partial charge is 0.497 e. The standard InChI is InChI=1S/C32H32N2O5S/c1-38-25-15-11-22(12-16-25)21-24-7-6-10-28-29(24)33-34(30(28)23-13-17-26(39-2)18-14-23)31(35)32(19-20-32)40(36,37)27-8-4-3-5-9-27/h3-5,8-9,11-18,21,28,30H,6-7,10,19-20H2,1-2H3. The molecule has 7 nitrogen and oxygen atoms in total. The number of hydrogen-bond acceptors (Lipinski definition) is 6. The number of ether oxygens (including phenoxy) is 2. The van der Waals surface area contributed by atoms with Crippen LogP contribution in [0.25, 0.3) is 6.08 Å². The molecule has 1 aliphatic heterocycles. The third-order valence-corrected chi connectivity index (χ3v) is 10.8. The second kappa shape index (κ2) is 10.2. The summed E-state index contributed by atoms with van der Waals surface area (Å²) in [5.74, 6) is 1.02. The fourth-order valence-electron chi connectivity index (χ4n) is 5.95. The summed E-state index contributed by atoms with van der Waals surface area (Å²) in [6.07, 6.45) is 5.35. The van der Waals surface area contributed by atoms with Gasteiger partial charge in [-0.15, -0.1) is 0 Å². The number of nitrogens with zero attached hydrogens (tertiary/aromatic N) is 2. The molecular formula is C32H32N2O5S. The van der Waals surface area contributed by atoms with Crippen molar-refractivity contribution in [2.24, 2.45) is 11.0 Å². The molecule has 1 amide bonds. The molecule has 2 unspecified atom stereocenters. The lowest BCUT2D eigenvalue weighted by Gasteiger charge is -2.31. The molecule has 2 aliphatic carbocycles. The number of hydrazone groups is 1. The van der Waals surface area contributed by atoms with Crippen LogP contribution in [-0.4, -0.2) is 44.0 Å². The lowest BCUT2D eigenvalue weighted by Crippen LogP contribution is -2.43. The Hall–Kier alpha value is -3.91. The highest BCUT2D eigenvalue weighted by Gasteiger charge is 2.64. The summed E-state index contributed by atoms with van der Waals surface area (Å²) >= 11 is 0. The Morgan fingerprint density at radius 2 is 1.55 bits per heavy atom. The van der Waals surface area contributed by atoms with Crippen molar-refractivity contribution >= 4 is 27.5 Å². The molecule has 3 aromatic rings. The van der Waals surface area contributed by atoms with Crippen LogP contribution in [0.4, 0.5) is 0 Å². The van der Waals surface area contributed by atoms with Crippen molar-refractivity contribution in [3.05, 3.63) is 95.6 Å². The van der Waals surface area contributed by atoms with E-state index in [0.29, 0.717) is 12.8 Å². The Bertz CT molecular complexity index is 1570. The van der Waals surface area contributed by atoms with E-state index < -0.39 is 26.5 Å². The fourth-order valence-corrected chi connectivity index (χ4v) is 7.88. The SMILES string of the molecule is COc1ccc(C=C2CCCC3C2=NN(C(=O)C2(S(=O)(=O)c4ccccc4)CC2)C3c2ccc(OC)cc2)cc1. The third-order valence-electron chi connectivity index (χ3n) is 8.29. The van der Waals surface area contributed by atoms with Gasteiger partial charge in [0.1, 0.15) is 11.5 Å². The van der Waals surface area contributed by atoms with Crippen LogP contribution >= 0.6 is 0 Å². The molecule has 40 heavy (non-hydrogen) atoms. The van der Waals surface area contributed by atoms with E-state index in [1.165, 1.54) is 5.01 Å². The number of allylic oxidation sites excluding steroid dienone is 1. The van der Waals surface area contributed by atoms with Crippen molar-refractivity contribution in [2.45, 2.75) is 47.8 Å². The predicted octanol–water partition coefficient (Wildman–Crippen LogP) is 5.83. The van der Waals surface area contributed by atoms with E-state index in [9.17, 15) is 13.2 Å². The number of rotatable bonds is 7. The average molecular weight is 557 g/mol. The molecule has 0 radical (unpaired) electrons. The zero-order valence-electron chi connectivity index (χ0n) is 22.6. The molecule has 0 bridgehead atoms. The Kier molecular flexibility index (Phi) is 6.74. The Balaban J connectivity index is 1.42. The van der Waals surface area contributed by atoms with E-state index in [1.807, 2.05) is 48.5 Å². The zero-order valence-corrected chi connectivity index (χ0v) is 23.4. The van der Waals surface area contributed by atoms with Crippen molar-refractivity contribution in [3.8, 4) is 11.5 Å². The van der Waals surface area contributed by atoms with Gasteiger partial charge in [0, 0.05) is 5.92 Å². The maximum absolute atomic E-state index is 14.3. The first-order chi connectivity index (χ1) is 19.4. The molecule has 8 heteroatoms. The predicted molar refractivity (Wildman–Crippen MR) is 154 cm³/mol. The van der Waals surface area contributed by atoms with Gasteiger partial charge in [-0.3, -0.25) is 4.79 Å². The molecule has 0 saturated heterocycles. The zero-order chi connectivity index (χ0) is 27.9. The molecular weight excluding hydrogens is 524 g/mol. The van der Waals surface area contributed by atoms with Gasteiger partial charge in [-0.05, 0) is 91.3 Å². The summed E-state index contributed by atoms with van der Waals surface area (Å²) in [7, 11) is -0.633. The number of carbonyl (C=O) groups is 1. The first-order valence-electron chi connectivity index (χ1n) is 13.6. The number of fused-ring (bicyclic) bond motifs is 1. The van der Waals surface area contributed by atoms with Crippen molar-refractivity contribution in [1.29, 1.82) is 0 Å². The number of carbonyl (C=O) groups excluding carboxylic acids is 1. The second-order valence-electron chi connectivity index (χ2n) is 10.6. The molecule has 3 aliphatic rings. The Morgan fingerprint density at radius 3 is 2.15 bits per heavy atom. The minimum atomic E-state index is -3.89. The van der Waals surface area contributed by atoms with Gasteiger partial charge in [0.15, 0.2) is 14.6 Å². The van der Waals surface area contributed by atoms with Crippen LogP contribution in [0.15, 0.2) is 94.4 Å². The minimum absolute atomic E-state index is 0.0363. The van der Waals surface area contributed by atoms with E-state index >= 15 is 0 Å². The Labute approximate surface area is 235 Å². The van der Waals surface area contributed by atoms with E-state index in [0.717, 1.165) is 53.2 Å². The van der Waals surface area contributed by atoms with Crippen LogP contribution in [0, 0.1) is 5.92 Å². The number of hydrogen-bond donors (Lipinski definition) is 0. The molecule has 6 rings (SSSR count). The maximum atomic E-state index is 14.3. The highest BCUT2D eigenvalue weighted by atomic mass is 32.2. The van der Waals surface area contributed by atoms with Crippen LogP contribution < -0.4 is 9.47 Å². The first kappa shape index (κ1) is 26.3. The van der Waals surface area contributed by atoms with Crippen LogP contribution in [0.3, 0.4) is 0 Å². The number of methoxy groups -OCH3 is 2. The normalized spacial score (nSPS) is 22.4. The van der Waals surface area contributed by atoms with Crippen molar-refractivity contribution in [3.63, 3.8) is 0 Å². The van der Waals surface area contributed by atoms with E-state index in [4.69, 9.17) is 14.6 Å². The average Bonchev–Trinajstić information content (AvgIpc) is 3.73. The minimum Gasteiger partial charge on any atom is -0.497 e. The summed E-state index contributed by atoms with van der Waals surface area (Å²) in [4.78, 5) is 14.5. The fraction of sp³-hybridized carbons (Fsp3) is 0.312.